The average molecular weight is 330 g/mol. The molecule has 0 amide bonds. The standard InChI is InChI=1S/C15H24BrNO2/c1-17(11-5-3-4-10-16)12-13-19-15-8-6-14(18-2)7-9-15/h6-9H,3-5,10-13H2,1-2H3. The van der Waals surface area contributed by atoms with Gasteiger partial charge in [0, 0.05) is 11.9 Å². The van der Waals surface area contributed by atoms with Gasteiger partial charge in [0.1, 0.15) is 18.1 Å². The number of hydrogen-bond acceptors (Lipinski definition) is 3. The molecule has 0 bridgehead atoms. The molecule has 0 fully saturated rings. The van der Waals surface area contributed by atoms with Gasteiger partial charge < -0.3 is 14.4 Å². The highest BCUT2D eigenvalue weighted by atomic mass is 79.9. The number of nitrogens with zero attached hydrogens (tertiary/aromatic N) is 1. The van der Waals surface area contributed by atoms with Gasteiger partial charge in [0.15, 0.2) is 0 Å². The summed E-state index contributed by atoms with van der Waals surface area (Å²) in [5.41, 5.74) is 0. The molecule has 0 spiro atoms. The molecule has 1 aromatic rings. The van der Waals surface area contributed by atoms with Crippen LogP contribution < -0.4 is 9.47 Å². The van der Waals surface area contributed by atoms with E-state index >= 15 is 0 Å². The maximum Gasteiger partial charge on any atom is 0.119 e. The highest BCUT2D eigenvalue weighted by molar-refractivity contribution is 9.09. The molecule has 0 N–H and O–H groups in total. The molecule has 0 radical (unpaired) electrons. The van der Waals surface area contributed by atoms with Crippen LogP contribution in [0.2, 0.25) is 0 Å². The van der Waals surface area contributed by atoms with Crippen LogP contribution in [0.1, 0.15) is 19.3 Å². The van der Waals surface area contributed by atoms with Crippen molar-refractivity contribution in [1.29, 1.82) is 0 Å². The van der Waals surface area contributed by atoms with Crippen LogP contribution in [0.25, 0.3) is 0 Å². The molecule has 0 aliphatic carbocycles. The summed E-state index contributed by atoms with van der Waals surface area (Å²) in [5.74, 6) is 1.75. The minimum Gasteiger partial charge on any atom is -0.497 e. The molecule has 108 valence electrons. The molecule has 0 saturated carbocycles. The predicted molar refractivity (Wildman–Crippen MR) is 83.6 cm³/mol. The van der Waals surface area contributed by atoms with Crippen molar-refractivity contribution >= 4 is 15.9 Å². The van der Waals surface area contributed by atoms with Gasteiger partial charge in [-0.2, -0.15) is 0 Å². The number of benzene rings is 1. The van der Waals surface area contributed by atoms with E-state index in [1.165, 1.54) is 19.3 Å². The van der Waals surface area contributed by atoms with Crippen molar-refractivity contribution in [3.05, 3.63) is 24.3 Å². The molecule has 3 nitrogen and oxygen atoms in total. The molecular weight excluding hydrogens is 306 g/mol. The van der Waals surface area contributed by atoms with Crippen LogP contribution in [0.5, 0.6) is 11.5 Å². The second-order valence-electron chi connectivity index (χ2n) is 4.58. The Morgan fingerprint density at radius 2 is 1.68 bits per heavy atom. The third-order valence-electron chi connectivity index (χ3n) is 2.97. The molecule has 0 atom stereocenters. The van der Waals surface area contributed by atoms with Gasteiger partial charge in [-0.3, -0.25) is 0 Å². The summed E-state index contributed by atoms with van der Waals surface area (Å²) < 4.78 is 10.8. The van der Waals surface area contributed by atoms with Crippen molar-refractivity contribution in [2.75, 3.05) is 39.2 Å². The number of alkyl halides is 1. The van der Waals surface area contributed by atoms with Crippen molar-refractivity contribution in [2.24, 2.45) is 0 Å². The van der Waals surface area contributed by atoms with Gasteiger partial charge in [-0.05, 0) is 50.7 Å². The van der Waals surface area contributed by atoms with Crippen molar-refractivity contribution in [2.45, 2.75) is 19.3 Å². The quantitative estimate of drug-likeness (QED) is 0.484. The van der Waals surface area contributed by atoms with Crippen molar-refractivity contribution in [3.8, 4) is 11.5 Å². The summed E-state index contributed by atoms with van der Waals surface area (Å²) in [4.78, 5) is 2.32. The fraction of sp³-hybridized carbons (Fsp3) is 0.600. The lowest BCUT2D eigenvalue weighted by molar-refractivity contribution is 0.234. The fourth-order valence-electron chi connectivity index (χ4n) is 1.76. The first kappa shape index (κ1) is 16.3. The van der Waals surface area contributed by atoms with Crippen LogP contribution in [-0.2, 0) is 0 Å². The first-order chi connectivity index (χ1) is 9.26. The van der Waals surface area contributed by atoms with E-state index in [2.05, 4.69) is 27.9 Å². The van der Waals surface area contributed by atoms with Crippen LogP contribution in [0.3, 0.4) is 0 Å². The number of unbranched alkanes of at least 4 members (excludes halogenated alkanes) is 2. The molecule has 4 heteroatoms. The van der Waals surface area contributed by atoms with E-state index < -0.39 is 0 Å². The van der Waals surface area contributed by atoms with Gasteiger partial charge in [-0.1, -0.05) is 22.4 Å². The summed E-state index contributed by atoms with van der Waals surface area (Å²) in [7, 11) is 3.81. The lowest BCUT2D eigenvalue weighted by Gasteiger charge is -2.16. The van der Waals surface area contributed by atoms with E-state index in [0.29, 0.717) is 0 Å². The van der Waals surface area contributed by atoms with Crippen molar-refractivity contribution in [3.63, 3.8) is 0 Å². The number of likely N-dealkylation sites (N-methyl/N-ethyl adjacent to an activating group) is 1. The van der Waals surface area contributed by atoms with Crippen molar-refractivity contribution < 1.29 is 9.47 Å². The third-order valence-corrected chi connectivity index (χ3v) is 3.54. The zero-order valence-corrected chi connectivity index (χ0v) is 13.5. The summed E-state index contributed by atoms with van der Waals surface area (Å²) >= 11 is 3.45. The van der Waals surface area contributed by atoms with E-state index in [0.717, 1.165) is 36.5 Å². The van der Waals surface area contributed by atoms with Crippen LogP contribution in [0.15, 0.2) is 24.3 Å². The van der Waals surface area contributed by atoms with E-state index in [9.17, 15) is 0 Å². The Labute approximate surface area is 125 Å². The Morgan fingerprint density at radius 1 is 1.00 bits per heavy atom. The maximum absolute atomic E-state index is 5.70. The zero-order chi connectivity index (χ0) is 13.9. The molecule has 0 aliphatic heterocycles. The summed E-state index contributed by atoms with van der Waals surface area (Å²) in [6.45, 7) is 2.82. The molecule has 0 aromatic heterocycles. The SMILES string of the molecule is COc1ccc(OCCN(C)CCCCCBr)cc1. The van der Waals surface area contributed by atoms with Gasteiger partial charge >= 0.3 is 0 Å². The highest BCUT2D eigenvalue weighted by Crippen LogP contribution is 2.16. The number of ether oxygens (including phenoxy) is 2. The van der Waals surface area contributed by atoms with Gasteiger partial charge in [-0.15, -0.1) is 0 Å². The van der Waals surface area contributed by atoms with Crippen LogP contribution >= 0.6 is 15.9 Å². The van der Waals surface area contributed by atoms with E-state index in [1.54, 1.807) is 7.11 Å². The van der Waals surface area contributed by atoms with Gasteiger partial charge in [0.2, 0.25) is 0 Å². The average Bonchev–Trinajstić information content (AvgIpc) is 2.44. The topological polar surface area (TPSA) is 21.7 Å². The molecular formula is C15H24BrNO2. The lowest BCUT2D eigenvalue weighted by atomic mass is 10.2. The van der Waals surface area contributed by atoms with E-state index in [-0.39, 0.29) is 0 Å². The third kappa shape index (κ3) is 7.43. The predicted octanol–water partition coefficient (Wildman–Crippen LogP) is 3.57. The summed E-state index contributed by atoms with van der Waals surface area (Å²) in [6, 6.07) is 7.71. The lowest BCUT2D eigenvalue weighted by Crippen LogP contribution is -2.25. The molecule has 19 heavy (non-hydrogen) atoms. The van der Waals surface area contributed by atoms with Gasteiger partial charge in [0.25, 0.3) is 0 Å². The van der Waals surface area contributed by atoms with E-state index in [1.807, 2.05) is 24.3 Å². The Bertz CT molecular complexity index is 329. The molecule has 1 rings (SSSR count). The minimum absolute atomic E-state index is 0.723. The fourth-order valence-corrected chi connectivity index (χ4v) is 2.15. The number of rotatable bonds is 10. The Morgan fingerprint density at radius 3 is 2.32 bits per heavy atom. The van der Waals surface area contributed by atoms with Crippen LogP contribution in [-0.4, -0.2) is 44.1 Å². The molecule has 0 saturated heterocycles. The van der Waals surface area contributed by atoms with Crippen LogP contribution in [0, 0.1) is 0 Å². The molecule has 0 heterocycles. The first-order valence-corrected chi connectivity index (χ1v) is 7.89. The van der Waals surface area contributed by atoms with Gasteiger partial charge in [0.05, 0.1) is 7.11 Å². The largest absolute Gasteiger partial charge is 0.497 e. The number of hydrogen-bond donors (Lipinski definition) is 0. The molecule has 1 aromatic carbocycles. The monoisotopic (exact) mass is 329 g/mol. The maximum atomic E-state index is 5.70. The Balaban J connectivity index is 2.11. The van der Waals surface area contributed by atoms with Gasteiger partial charge in [-0.25, -0.2) is 0 Å². The Hall–Kier alpha value is -0.740. The second-order valence-corrected chi connectivity index (χ2v) is 5.37. The first-order valence-electron chi connectivity index (χ1n) is 6.77. The Kier molecular flexibility index (Phi) is 8.67. The van der Waals surface area contributed by atoms with Crippen LogP contribution in [0.4, 0.5) is 0 Å². The minimum atomic E-state index is 0.723. The number of methoxy groups -OCH3 is 1. The highest BCUT2D eigenvalue weighted by Gasteiger charge is 1.99. The smallest absolute Gasteiger partial charge is 0.119 e. The summed E-state index contributed by atoms with van der Waals surface area (Å²) in [6.07, 6.45) is 3.80. The summed E-state index contributed by atoms with van der Waals surface area (Å²) in [5, 5.41) is 1.11. The molecule has 0 aliphatic rings. The zero-order valence-electron chi connectivity index (χ0n) is 11.9. The van der Waals surface area contributed by atoms with Crippen molar-refractivity contribution in [1.82, 2.24) is 4.90 Å². The van der Waals surface area contributed by atoms with E-state index in [4.69, 9.17) is 9.47 Å². The number of halogens is 1. The molecule has 0 unspecified atom stereocenters. The second kappa shape index (κ2) is 10.1. The normalized spacial score (nSPS) is 10.7.